The van der Waals surface area contributed by atoms with Crippen molar-refractivity contribution < 1.29 is 13.6 Å². The lowest BCUT2D eigenvalue weighted by Gasteiger charge is -2.38. The zero-order valence-electron chi connectivity index (χ0n) is 20.6. The second-order valence-electron chi connectivity index (χ2n) is 10.0. The van der Waals surface area contributed by atoms with Crippen molar-refractivity contribution in [3.63, 3.8) is 0 Å². The van der Waals surface area contributed by atoms with Crippen molar-refractivity contribution in [1.82, 2.24) is 29.7 Å². The summed E-state index contributed by atoms with van der Waals surface area (Å²) in [6.45, 7) is 2.54. The van der Waals surface area contributed by atoms with Gasteiger partial charge in [0.2, 0.25) is 0 Å². The van der Waals surface area contributed by atoms with E-state index in [0.717, 1.165) is 22.3 Å². The monoisotopic (exact) mass is 500 g/mol. The molecule has 2 N–H and O–H groups in total. The van der Waals surface area contributed by atoms with Crippen molar-refractivity contribution in [1.29, 1.82) is 0 Å². The molecule has 1 saturated heterocycles. The molecule has 1 fully saturated rings. The Labute approximate surface area is 212 Å². The maximum Gasteiger partial charge on any atom is 0.270 e. The average molecular weight is 501 g/mol. The molecular formula is C28H26F2N6O. The molecule has 0 bridgehead atoms. The Hall–Kier alpha value is -4.03. The number of nitrogens with one attached hydrogen (secondary N) is 2. The van der Waals surface area contributed by atoms with Crippen LogP contribution < -0.4 is 5.32 Å². The number of halogens is 2. The van der Waals surface area contributed by atoms with Gasteiger partial charge in [-0.3, -0.25) is 9.69 Å². The number of fused-ring (bicyclic) bond motifs is 2. The highest BCUT2D eigenvalue weighted by atomic mass is 19.1. The van der Waals surface area contributed by atoms with E-state index in [2.05, 4.69) is 32.1 Å². The van der Waals surface area contributed by atoms with Crippen LogP contribution in [0.2, 0.25) is 0 Å². The van der Waals surface area contributed by atoms with Gasteiger partial charge in [-0.2, -0.15) is 0 Å². The zero-order chi connectivity index (χ0) is 25.7. The number of rotatable bonds is 4. The third-order valence-electron chi connectivity index (χ3n) is 6.86. The second-order valence-corrected chi connectivity index (χ2v) is 10.0. The lowest BCUT2D eigenvalue weighted by molar-refractivity contribution is 0.0338. The normalized spacial score (nSPS) is 19.1. The third-order valence-corrected chi connectivity index (χ3v) is 6.86. The molecule has 0 radical (unpaired) electrons. The Morgan fingerprint density at radius 2 is 2.08 bits per heavy atom. The summed E-state index contributed by atoms with van der Waals surface area (Å²) in [5, 5.41) is 4.04. The maximum absolute atomic E-state index is 14.6. The van der Waals surface area contributed by atoms with E-state index in [4.69, 9.17) is 0 Å². The minimum Gasteiger partial charge on any atom is -0.356 e. The summed E-state index contributed by atoms with van der Waals surface area (Å²) >= 11 is 0. The predicted octanol–water partition coefficient (Wildman–Crippen LogP) is 3.49. The number of pyridine rings is 1. The maximum atomic E-state index is 14.6. The number of hydrogen-bond donors (Lipinski definition) is 2. The van der Waals surface area contributed by atoms with E-state index in [-0.39, 0.29) is 31.7 Å². The smallest absolute Gasteiger partial charge is 0.270 e. The van der Waals surface area contributed by atoms with Crippen LogP contribution in [0.4, 0.5) is 8.78 Å². The van der Waals surface area contributed by atoms with Crippen LogP contribution in [0.15, 0.2) is 48.8 Å². The van der Waals surface area contributed by atoms with E-state index in [1.54, 1.807) is 30.0 Å². The number of benzene rings is 1. The molecule has 0 aliphatic carbocycles. The molecule has 7 nitrogen and oxygen atoms in total. The van der Waals surface area contributed by atoms with Crippen molar-refractivity contribution in [3.05, 3.63) is 82.8 Å². The lowest BCUT2D eigenvalue weighted by Crippen LogP contribution is -2.56. The zero-order valence-corrected chi connectivity index (χ0v) is 20.6. The molecule has 1 unspecified atom stereocenters. The van der Waals surface area contributed by atoms with Gasteiger partial charge < -0.3 is 14.9 Å². The van der Waals surface area contributed by atoms with Gasteiger partial charge in [0.05, 0.1) is 18.6 Å². The van der Waals surface area contributed by atoms with E-state index in [9.17, 15) is 13.6 Å². The number of H-pyrrole nitrogens is 1. The molecule has 0 spiro atoms. The molecule has 0 saturated carbocycles. The molecule has 9 heteroatoms. The van der Waals surface area contributed by atoms with Gasteiger partial charge in [0.25, 0.3) is 5.91 Å². The van der Waals surface area contributed by atoms with E-state index in [1.807, 2.05) is 42.3 Å². The van der Waals surface area contributed by atoms with Gasteiger partial charge in [-0.15, -0.1) is 0 Å². The first-order valence-electron chi connectivity index (χ1n) is 12.2. The van der Waals surface area contributed by atoms with E-state index in [0.29, 0.717) is 17.0 Å². The van der Waals surface area contributed by atoms with Gasteiger partial charge in [-0.1, -0.05) is 30.0 Å². The Morgan fingerprint density at radius 1 is 1.27 bits per heavy atom. The average Bonchev–Trinajstić information content (AvgIpc) is 3.53. The summed E-state index contributed by atoms with van der Waals surface area (Å²) in [6.07, 6.45) is 0.879. The molecule has 6 rings (SSSR count). The van der Waals surface area contributed by atoms with Crippen molar-refractivity contribution in [2.45, 2.75) is 37.8 Å². The van der Waals surface area contributed by atoms with E-state index < -0.39 is 23.8 Å². The summed E-state index contributed by atoms with van der Waals surface area (Å²) in [4.78, 5) is 27.7. The number of imidazole rings is 1. The molecule has 1 amide bonds. The molecular weight excluding hydrogens is 474 g/mol. The summed E-state index contributed by atoms with van der Waals surface area (Å²) in [6, 6.07) is 12.4. The van der Waals surface area contributed by atoms with Crippen LogP contribution in [0.1, 0.15) is 44.9 Å². The van der Waals surface area contributed by atoms with Crippen molar-refractivity contribution in [3.8, 4) is 11.8 Å². The first-order chi connectivity index (χ1) is 17.8. The second kappa shape index (κ2) is 8.82. The minimum atomic E-state index is -1.54. The van der Waals surface area contributed by atoms with Gasteiger partial charge in [0.1, 0.15) is 17.9 Å². The van der Waals surface area contributed by atoms with E-state index >= 15 is 0 Å². The lowest BCUT2D eigenvalue weighted by atomic mass is 9.97. The number of aryl methyl sites for hydroxylation is 1. The Bertz CT molecular complexity index is 1540. The van der Waals surface area contributed by atoms with Crippen LogP contribution in [0.25, 0.3) is 10.9 Å². The number of nitrogens with zero attached hydrogens (tertiary/aromatic N) is 4. The van der Waals surface area contributed by atoms with Crippen LogP contribution in [0.5, 0.6) is 0 Å². The molecule has 2 aliphatic heterocycles. The van der Waals surface area contributed by atoms with Gasteiger partial charge in [0.15, 0.2) is 5.67 Å². The quantitative estimate of drug-likeness (QED) is 0.421. The number of alkyl halides is 2. The molecule has 5 heterocycles. The molecule has 37 heavy (non-hydrogen) atoms. The largest absolute Gasteiger partial charge is 0.356 e. The van der Waals surface area contributed by atoms with Gasteiger partial charge in [-0.05, 0) is 43.6 Å². The van der Waals surface area contributed by atoms with Crippen LogP contribution in [0, 0.1) is 18.8 Å². The minimum absolute atomic E-state index is 0.170. The van der Waals surface area contributed by atoms with Gasteiger partial charge in [-0.25, -0.2) is 18.7 Å². The third kappa shape index (κ3) is 4.49. The van der Waals surface area contributed by atoms with Gasteiger partial charge >= 0.3 is 0 Å². The topological polar surface area (TPSA) is 78.8 Å². The highest BCUT2D eigenvalue weighted by molar-refractivity contribution is 5.93. The molecule has 1 aromatic carbocycles. The van der Waals surface area contributed by atoms with Crippen LogP contribution in [-0.2, 0) is 13.0 Å². The summed E-state index contributed by atoms with van der Waals surface area (Å²) in [5.41, 5.74) is 2.77. The number of hydrogen-bond acceptors (Lipinski definition) is 4. The number of aromatic amines is 1. The number of amides is 1. The Morgan fingerprint density at radius 3 is 2.86 bits per heavy atom. The SMILES string of the molecule is Cc1cc(C#CC2(F)CN(C)C2)cc(C(=O)NC(c2cc3ccccc3[nH]2)c2ncn3c2C[C@@H](F)C3)n1. The molecule has 4 aromatic rings. The number of likely N-dealkylation sites (tertiary alicyclic amines) is 1. The van der Waals surface area contributed by atoms with Crippen LogP contribution in [-0.4, -0.2) is 62.3 Å². The van der Waals surface area contributed by atoms with Crippen molar-refractivity contribution >= 4 is 16.8 Å². The molecule has 188 valence electrons. The fourth-order valence-corrected chi connectivity index (χ4v) is 5.21. The fraction of sp³-hybridized carbons (Fsp3) is 0.321. The van der Waals surface area contributed by atoms with Crippen LogP contribution >= 0.6 is 0 Å². The first kappa shape index (κ1) is 23.4. The molecule has 3 aromatic heterocycles. The van der Waals surface area contributed by atoms with Crippen molar-refractivity contribution in [2.24, 2.45) is 0 Å². The number of carbonyl (C=O) groups is 1. The van der Waals surface area contributed by atoms with Crippen molar-refractivity contribution in [2.75, 3.05) is 20.1 Å². The summed E-state index contributed by atoms with van der Waals surface area (Å²) in [7, 11) is 1.84. The predicted molar refractivity (Wildman–Crippen MR) is 136 cm³/mol. The summed E-state index contributed by atoms with van der Waals surface area (Å²) in [5.74, 6) is 5.15. The van der Waals surface area contributed by atoms with E-state index in [1.165, 1.54) is 0 Å². The molecule has 2 atom stereocenters. The standard InChI is InChI=1S/C28H26F2N6O/c1-17-9-18(7-8-28(30)14-35(2)15-28)10-23(32-17)27(37)34-25(22-11-19-5-3-4-6-21(19)33-22)26-24-12-20(29)13-36(24)16-31-26/h3-6,9-11,16,20,25,33H,12-15H2,1-2H3,(H,34,37)/t20-,25?/m1/s1. The van der Waals surface area contributed by atoms with Crippen LogP contribution in [0.3, 0.4) is 0 Å². The fourth-order valence-electron chi connectivity index (χ4n) is 5.21. The summed E-state index contributed by atoms with van der Waals surface area (Å²) < 4.78 is 30.6. The highest BCUT2D eigenvalue weighted by Gasteiger charge is 2.39. The number of aromatic nitrogens is 4. The molecule has 2 aliphatic rings. The Balaban J connectivity index is 1.34. The number of para-hydroxylation sites is 1. The van der Waals surface area contributed by atoms with Gasteiger partial charge in [0, 0.05) is 47.7 Å². The highest BCUT2D eigenvalue weighted by Crippen LogP contribution is 2.31. The Kier molecular flexibility index (Phi) is 5.57. The number of carbonyl (C=O) groups excluding carboxylic acids is 1. The first-order valence-corrected chi connectivity index (χ1v) is 12.2.